The van der Waals surface area contributed by atoms with E-state index < -0.39 is 201 Å². The van der Waals surface area contributed by atoms with Crippen LogP contribution in [0.3, 0.4) is 0 Å². The Kier molecular flexibility index (Phi) is 43.1. The van der Waals surface area contributed by atoms with Crippen LogP contribution < -0.4 is 119 Å². The summed E-state index contributed by atoms with van der Waals surface area (Å²) in [5.74, 6) is -16.1. The number of aromatic nitrogens is 1. The third kappa shape index (κ3) is 35.4. The first kappa shape index (κ1) is 109. The summed E-state index contributed by atoms with van der Waals surface area (Å²) in [7, 11) is 1.80. The minimum Gasteiger partial charge on any atom is -0.492 e. The van der Waals surface area contributed by atoms with Gasteiger partial charge in [0, 0.05) is 92.8 Å². The predicted molar refractivity (Wildman–Crippen MR) is 499 cm³/mol. The normalized spacial score (nSPS) is 19.0. The van der Waals surface area contributed by atoms with E-state index in [0.717, 1.165) is 46.4 Å². The average molecular weight is 1890 g/mol. The molecule has 1 saturated heterocycles. The maximum atomic E-state index is 16.4. The largest absolute Gasteiger partial charge is 0.492 e. The molecular weight excluding hydrogens is 1760 g/mol. The molecule has 0 radical (unpaired) electrons. The third-order valence-corrected chi connectivity index (χ3v) is 26.2. The number of carbonyl (C=O) groups excluding carboxylic acids is 18. The van der Waals surface area contributed by atoms with E-state index in [-0.39, 0.29) is 135 Å². The number of fused-ring (bicyclic) bond motifs is 2. The molecule has 0 saturated carbocycles. The van der Waals surface area contributed by atoms with Gasteiger partial charge in [-0.2, -0.15) is 0 Å². The number of para-hydroxylation sites is 1. The van der Waals surface area contributed by atoms with Crippen molar-refractivity contribution in [2.45, 2.75) is 260 Å². The zero-order valence-electron chi connectivity index (χ0n) is 76.6. The number of primary amides is 4. The van der Waals surface area contributed by atoms with E-state index in [4.69, 9.17) is 39.1 Å². The number of benzene rings is 4. The first-order valence-corrected chi connectivity index (χ1v) is 46.1. The second kappa shape index (κ2) is 52.5. The number of aromatic amines is 1. The molecule has 1 aliphatic rings. The van der Waals surface area contributed by atoms with Crippen molar-refractivity contribution in [2.75, 3.05) is 39.3 Å². The molecule has 133 heavy (non-hydrogen) atoms. The van der Waals surface area contributed by atoms with Gasteiger partial charge in [0.15, 0.2) is 0 Å². The second-order valence-electron chi connectivity index (χ2n) is 34.2. The zero-order chi connectivity index (χ0) is 98.6. The highest BCUT2D eigenvalue weighted by atomic mass is 33.1. The molecule has 1 aromatic heterocycles. The Balaban J connectivity index is 1.53. The highest BCUT2D eigenvalue weighted by Gasteiger charge is 2.47. The lowest BCUT2D eigenvalue weighted by Gasteiger charge is -2.39. The highest BCUT2D eigenvalue weighted by Crippen LogP contribution is 2.47. The van der Waals surface area contributed by atoms with Crippen LogP contribution in [0.4, 0.5) is 4.79 Å². The number of rotatable bonds is 46. The number of aliphatic hydroxyl groups is 1. The van der Waals surface area contributed by atoms with Gasteiger partial charge in [0.2, 0.25) is 100 Å². The van der Waals surface area contributed by atoms with Crippen LogP contribution in [-0.2, 0) is 101 Å². The van der Waals surface area contributed by atoms with E-state index in [0.29, 0.717) is 38.7 Å². The number of nitrogens with one attached hydrogen (secondary N) is 16. The fourth-order valence-electron chi connectivity index (χ4n) is 14.7. The van der Waals surface area contributed by atoms with Crippen LogP contribution in [0.5, 0.6) is 5.75 Å². The predicted octanol–water partition coefficient (Wildman–Crippen LogP) is -2.02. The Morgan fingerprint density at radius 3 is 1.74 bits per heavy atom. The Morgan fingerprint density at radius 1 is 0.541 bits per heavy atom. The summed E-state index contributed by atoms with van der Waals surface area (Å²) in [6.45, 7) is 14.7. The molecule has 44 heteroatoms. The van der Waals surface area contributed by atoms with Gasteiger partial charge in [0.25, 0.3) is 0 Å². The minimum atomic E-state index is -2.06. The van der Waals surface area contributed by atoms with E-state index in [1.165, 1.54) is 48.5 Å². The number of hydrogen-bond acceptors (Lipinski definition) is 24. The van der Waals surface area contributed by atoms with Crippen LogP contribution in [-0.4, -0.2) is 243 Å². The van der Waals surface area contributed by atoms with Crippen molar-refractivity contribution in [2.24, 2.45) is 34.4 Å². The van der Waals surface area contributed by atoms with Crippen LogP contribution in [0.15, 0.2) is 91.1 Å². The number of aryl methyl sites for hydroxylation is 1. The molecule has 29 N–H and O–H groups in total. The number of aliphatic hydroxyl groups excluding tert-OH is 1. The van der Waals surface area contributed by atoms with Crippen molar-refractivity contribution in [1.82, 2.24) is 84.7 Å². The summed E-state index contributed by atoms with van der Waals surface area (Å²) in [5, 5.41) is 53.0. The molecule has 728 valence electrons. The fraction of sp³-hybridized carbons (Fsp3) is 0.528. The topological polar surface area (TPSA) is 689 Å². The van der Waals surface area contributed by atoms with E-state index in [9.17, 15) is 62.6 Å². The second-order valence-corrected chi connectivity index (χ2v) is 37.7. The van der Waals surface area contributed by atoms with E-state index in [1.54, 1.807) is 66.9 Å². The quantitative estimate of drug-likeness (QED) is 0.0148. The maximum Gasteiger partial charge on any atom is 0.312 e. The molecule has 2 heterocycles. The van der Waals surface area contributed by atoms with Crippen LogP contribution in [0, 0.1) is 6.92 Å². The molecule has 0 unspecified atom stereocenters. The van der Waals surface area contributed by atoms with Gasteiger partial charge in [0.1, 0.15) is 84.4 Å². The van der Waals surface area contributed by atoms with Crippen molar-refractivity contribution < 1.29 is 96.1 Å². The van der Waals surface area contributed by atoms with Gasteiger partial charge >= 0.3 is 6.03 Å². The Hall–Kier alpha value is -12.7. The molecule has 6 rings (SSSR count). The molecule has 13 atom stereocenters. The van der Waals surface area contributed by atoms with Crippen LogP contribution in [0.2, 0.25) is 0 Å². The van der Waals surface area contributed by atoms with Gasteiger partial charge in [0.05, 0.1) is 18.9 Å². The number of hydrogen-bond donors (Lipinski definition) is 23. The number of urea groups is 1. The lowest BCUT2D eigenvalue weighted by molar-refractivity contribution is -0.138. The van der Waals surface area contributed by atoms with Gasteiger partial charge in [-0.15, -0.1) is 0 Å². The van der Waals surface area contributed by atoms with Crippen molar-refractivity contribution in [3.05, 3.63) is 113 Å². The molecule has 0 spiro atoms. The lowest BCUT2D eigenvalue weighted by Crippen LogP contribution is -2.65. The number of unbranched alkanes of at least 4 members (excludes halogenated alkanes) is 3. The number of ether oxygens (including phenoxy) is 1. The summed E-state index contributed by atoms with van der Waals surface area (Å²) in [6.07, 6.45) is -2.53. The third-order valence-electron chi connectivity index (χ3n) is 22.0. The molecule has 0 bridgehead atoms. The van der Waals surface area contributed by atoms with Gasteiger partial charge in [-0.1, -0.05) is 94.4 Å². The average Bonchev–Trinajstić information content (AvgIpc) is 1.77. The first-order valence-electron chi connectivity index (χ1n) is 44.0. The number of H-pyrrole nitrogens is 1. The molecule has 1 aliphatic heterocycles. The van der Waals surface area contributed by atoms with Crippen molar-refractivity contribution in [1.29, 1.82) is 0 Å². The zero-order valence-corrected chi connectivity index (χ0v) is 78.3. The van der Waals surface area contributed by atoms with Crippen LogP contribution in [0.25, 0.3) is 21.7 Å². The highest BCUT2D eigenvalue weighted by molar-refractivity contribution is 8.77. The van der Waals surface area contributed by atoms with Gasteiger partial charge < -0.3 is 129 Å². The summed E-state index contributed by atoms with van der Waals surface area (Å²) in [5.41, 5.74) is 34.6. The summed E-state index contributed by atoms with van der Waals surface area (Å²) in [6, 6.07) is 4.38. The van der Waals surface area contributed by atoms with E-state index in [2.05, 4.69) is 84.7 Å². The van der Waals surface area contributed by atoms with E-state index in [1.807, 2.05) is 31.2 Å². The molecule has 1 fully saturated rings. The van der Waals surface area contributed by atoms with Crippen molar-refractivity contribution in [3.8, 4) is 5.75 Å². The van der Waals surface area contributed by atoms with Crippen LogP contribution in [0.1, 0.15) is 168 Å². The van der Waals surface area contributed by atoms with Gasteiger partial charge in [-0.25, -0.2) is 4.79 Å². The number of carbonyl (C=O) groups is 18. The fourth-order valence-corrected chi connectivity index (χ4v) is 17.5. The van der Waals surface area contributed by atoms with Gasteiger partial charge in [-0.05, 0) is 171 Å². The summed E-state index contributed by atoms with van der Waals surface area (Å²) >= 11 is 0. The minimum absolute atomic E-state index is 0.0247. The van der Waals surface area contributed by atoms with Gasteiger partial charge in [-0.3, -0.25) is 81.5 Å². The monoisotopic (exact) mass is 1890 g/mol. The molecule has 19 amide bonds. The standard InChI is InChI=1S/C89H130N22O20S2/c1-48-21-19-24-59-57(47-99-70(48)59)44-65-78(122)102-61(25-13-17-37-96-50(3)113)76(120)110-73(88(8,9)133-132-87(6,7)72(100-52(5)115)83(127)107-67(46-69(93)117)80(124)109-71(49(2)112)82(126)105-65)84(128)106-63(42-53-29-32-58(33-30-53)131-40-36-91)77(121)103-64(43-54-28-31-55-22-11-12-23-56(55)41-54)81(125)111-89(10,34-15-16-35-90)85(129)108-62(26-14-18-38-97-51(4)114)75(119)104-66(45-68(92)116)79(123)101-60(74(94)118)27-20-39-98-86(95)130/h11-12,19,21-24,28-33,41,47,49,60-67,71-73,99,112H,13-18,20,25-27,34-40,42-46,90-91H2,1-10H3,(H2,92,116)(H2,93,117)(H2,94,118)(H,96,113)(H,97,114)(H,100,115)(H,101,123)(H,102,122)(H,103,121)(H,104,119)(H,105,126)(H,106,128)(H,107,127)(H,108,129)(H,109,124)(H,110,120)(H,111,125)(H3,95,98,130)/t49-,60+,61+,62+,63+,64+,65+,66+,67+,71+,72-,73-,89+/m1/s1. The SMILES string of the molecule is CC(=O)NCCCC[C@@H]1NC(=O)[C@H](Cc2c[nH]c3c(C)cccc23)NC(=O)[C@H]([C@@H](C)O)NC(=O)[C@H](CC(N)=O)NC(=O)[C@@H](NC(C)=O)C(C)(C)SSC(C)(C)[C@@H](C(=O)N[C@@H](Cc2ccc(OCCN)cc2)C(=O)N[C@@H](Cc2ccc3ccccc3c2)C(=O)N[C@@](C)(CCCCN)C(=O)N[C@@H](CCCCNC(C)=O)C(=O)N[C@@H](CC(N)=O)C(=O)N[C@@H](CCCNC(N)=O)C(N)=O)NC1=O. The molecule has 42 nitrogen and oxygen atoms in total. The van der Waals surface area contributed by atoms with Crippen molar-refractivity contribution in [3.63, 3.8) is 0 Å². The summed E-state index contributed by atoms with van der Waals surface area (Å²) < 4.78 is 2.55. The maximum absolute atomic E-state index is 16.4. The Morgan fingerprint density at radius 2 is 1.11 bits per heavy atom. The number of nitrogens with two attached hydrogens (primary N) is 6. The molecule has 5 aromatic rings. The Bertz CT molecular complexity index is 4960. The molecule has 4 aromatic carbocycles. The van der Waals surface area contributed by atoms with Crippen molar-refractivity contribution >= 4 is 150 Å². The van der Waals surface area contributed by atoms with Crippen LogP contribution >= 0.6 is 21.6 Å². The Labute approximate surface area is 779 Å². The number of amides is 19. The molecular formula is C89H130N22O20S2. The lowest BCUT2D eigenvalue weighted by atomic mass is 9.91. The first-order chi connectivity index (χ1) is 62.7. The summed E-state index contributed by atoms with van der Waals surface area (Å²) in [4.78, 5) is 259. The smallest absolute Gasteiger partial charge is 0.312 e. The molecule has 0 aliphatic carbocycles. The van der Waals surface area contributed by atoms with E-state index >= 15 is 28.8 Å².